The number of piperidine rings is 1. The minimum absolute atomic E-state index is 0.124. The first kappa shape index (κ1) is 20.4. The van der Waals surface area contributed by atoms with Crippen LogP contribution in [0.25, 0.3) is 11.5 Å². The molecule has 1 saturated heterocycles. The van der Waals surface area contributed by atoms with E-state index in [2.05, 4.69) is 15.5 Å². The van der Waals surface area contributed by atoms with Gasteiger partial charge in [-0.3, -0.25) is 9.89 Å². The van der Waals surface area contributed by atoms with E-state index in [1.807, 2.05) is 32.0 Å². The summed E-state index contributed by atoms with van der Waals surface area (Å²) in [4.78, 5) is 12.8. The van der Waals surface area contributed by atoms with E-state index in [9.17, 15) is 13.2 Å². The quantitative estimate of drug-likeness (QED) is 0.648. The highest BCUT2D eigenvalue weighted by Gasteiger charge is 2.35. The molecular formula is C21H24N4O4S. The van der Waals surface area contributed by atoms with Crippen molar-refractivity contribution in [3.63, 3.8) is 0 Å². The number of carbonyl (C=O) groups excluding carboxylic acids is 1. The Bertz CT molecular complexity index is 1150. The highest BCUT2D eigenvalue weighted by molar-refractivity contribution is 7.89. The molecule has 8 nitrogen and oxygen atoms in total. The van der Waals surface area contributed by atoms with Crippen molar-refractivity contribution < 1.29 is 17.6 Å². The third kappa shape index (κ3) is 4.03. The number of amides is 1. The van der Waals surface area contributed by atoms with E-state index in [-0.39, 0.29) is 17.5 Å². The van der Waals surface area contributed by atoms with Crippen molar-refractivity contribution in [2.24, 2.45) is 5.92 Å². The second kappa shape index (κ2) is 8.08. The summed E-state index contributed by atoms with van der Waals surface area (Å²) in [5, 5.41) is 9.37. The maximum absolute atomic E-state index is 13.1. The molecule has 4 rings (SSSR count). The molecule has 3 aromatic rings. The lowest BCUT2D eigenvalue weighted by atomic mass is 9.98. The van der Waals surface area contributed by atoms with Crippen molar-refractivity contribution >= 4 is 21.6 Å². The standard InChI is InChI=1S/C21H24N4O4S/c1-14-5-6-17(12-15(14)2)23-21(26)16-4-3-11-25(13-16)30(27,28)20-8-7-19(29-20)18-9-10-22-24-18/h5-10,12,16H,3-4,11,13H2,1-2H3,(H,22,24)(H,23,26)/t16-/m0/s1. The summed E-state index contributed by atoms with van der Waals surface area (Å²) in [6, 6.07) is 10.5. The maximum Gasteiger partial charge on any atom is 0.276 e. The van der Waals surface area contributed by atoms with Crippen LogP contribution in [-0.4, -0.2) is 41.9 Å². The Balaban J connectivity index is 1.47. The van der Waals surface area contributed by atoms with E-state index in [0.29, 0.717) is 30.8 Å². The maximum atomic E-state index is 13.1. The van der Waals surface area contributed by atoms with Crippen LogP contribution in [0.15, 0.2) is 52.1 Å². The van der Waals surface area contributed by atoms with Crippen LogP contribution in [0.2, 0.25) is 0 Å². The topological polar surface area (TPSA) is 108 Å². The van der Waals surface area contributed by atoms with Crippen LogP contribution in [0.4, 0.5) is 5.69 Å². The first-order valence-corrected chi connectivity index (χ1v) is 11.3. The number of nitrogens with one attached hydrogen (secondary N) is 2. The predicted molar refractivity (Wildman–Crippen MR) is 112 cm³/mol. The first-order valence-electron chi connectivity index (χ1n) is 9.82. The Kier molecular flexibility index (Phi) is 5.48. The van der Waals surface area contributed by atoms with E-state index in [4.69, 9.17) is 4.42 Å². The van der Waals surface area contributed by atoms with Gasteiger partial charge in [0.15, 0.2) is 5.76 Å². The smallest absolute Gasteiger partial charge is 0.276 e. The van der Waals surface area contributed by atoms with Crippen molar-refractivity contribution in [1.29, 1.82) is 0 Å². The molecule has 0 aliphatic carbocycles. The van der Waals surface area contributed by atoms with Gasteiger partial charge in [-0.05, 0) is 68.1 Å². The summed E-state index contributed by atoms with van der Waals surface area (Å²) in [6.45, 7) is 4.48. The fourth-order valence-corrected chi connectivity index (χ4v) is 5.00. The van der Waals surface area contributed by atoms with Gasteiger partial charge in [0, 0.05) is 25.0 Å². The van der Waals surface area contributed by atoms with Gasteiger partial charge in [-0.1, -0.05) is 6.07 Å². The Morgan fingerprint density at radius 1 is 1.20 bits per heavy atom. The molecule has 158 valence electrons. The second-order valence-corrected chi connectivity index (χ2v) is 9.45. The zero-order chi connectivity index (χ0) is 21.3. The molecule has 0 unspecified atom stereocenters. The molecule has 3 heterocycles. The van der Waals surface area contributed by atoms with Gasteiger partial charge in [0.2, 0.25) is 11.0 Å². The van der Waals surface area contributed by atoms with Crippen LogP contribution in [0, 0.1) is 19.8 Å². The molecule has 1 fully saturated rings. The number of rotatable bonds is 5. The third-order valence-electron chi connectivity index (χ3n) is 5.47. The summed E-state index contributed by atoms with van der Waals surface area (Å²) in [5.74, 6) is -0.194. The highest BCUT2D eigenvalue weighted by Crippen LogP contribution is 2.28. The minimum Gasteiger partial charge on any atom is -0.442 e. The Labute approximate surface area is 175 Å². The Hall–Kier alpha value is -2.91. The molecule has 0 spiro atoms. The summed E-state index contributed by atoms with van der Waals surface area (Å²) in [5.41, 5.74) is 3.56. The number of nitrogens with zero attached hydrogens (tertiary/aromatic N) is 2. The number of hydrogen-bond donors (Lipinski definition) is 2. The zero-order valence-electron chi connectivity index (χ0n) is 16.9. The minimum atomic E-state index is -3.83. The molecule has 30 heavy (non-hydrogen) atoms. The van der Waals surface area contributed by atoms with E-state index >= 15 is 0 Å². The fourth-order valence-electron chi connectivity index (χ4n) is 3.56. The van der Waals surface area contributed by atoms with Crippen LogP contribution in [0.1, 0.15) is 24.0 Å². The molecular weight excluding hydrogens is 404 g/mol. The van der Waals surface area contributed by atoms with Crippen LogP contribution < -0.4 is 5.32 Å². The van der Waals surface area contributed by atoms with Gasteiger partial charge < -0.3 is 9.73 Å². The highest BCUT2D eigenvalue weighted by atomic mass is 32.2. The lowest BCUT2D eigenvalue weighted by Gasteiger charge is -2.30. The fraction of sp³-hybridized carbons (Fsp3) is 0.333. The second-order valence-electron chi connectivity index (χ2n) is 7.58. The Morgan fingerprint density at radius 3 is 2.77 bits per heavy atom. The molecule has 2 aromatic heterocycles. The molecule has 1 aromatic carbocycles. The van der Waals surface area contributed by atoms with Gasteiger partial charge in [0.1, 0.15) is 5.69 Å². The third-order valence-corrected chi connectivity index (χ3v) is 7.21. The number of benzene rings is 1. The number of aryl methyl sites for hydroxylation is 2. The van der Waals surface area contributed by atoms with E-state index in [1.54, 1.807) is 18.3 Å². The van der Waals surface area contributed by atoms with Gasteiger partial charge in [0.25, 0.3) is 10.0 Å². The number of aromatic amines is 1. The number of aromatic nitrogens is 2. The van der Waals surface area contributed by atoms with Crippen LogP contribution in [0.3, 0.4) is 0 Å². The molecule has 1 aliphatic heterocycles. The normalized spacial score (nSPS) is 17.7. The van der Waals surface area contributed by atoms with Crippen molar-refractivity contribution in [2.75, 3.05) is 18.4 Å². The number of H-pyrrole nitrogens is 1. The van der Waals surface area contributed by atoms with E-state index < -0.39 is 15.9 Å². The summed E-state index contributed by atoms with van der Waals surface area (Å²) in [7, 11) is -3.83. The van der Waals surface area contributed by atoms with E-state index in [1.165, 1.54) is 10.4 Å². The van der Waals surface area contributed by atoms with Crippen molar-refractivity contribution in [3.05, 3.63) is 53.7 Å². The molecule has 1 aliphatic rings. The average molecular weight is 429 g/mol. The zero-order valence-corrected chi connectivity index (χ0v) is 17.7. The number of anilines is 1. The van der Waals surface area contributed by atoms with Gasteiger partial charge in [0.05, 0.1) is 5.92 Å². The van der Waals surface area contributed by atoms with Gasteiger partial charge >= 0.3 is 0 Å². The molecule has 1 atom stereocenters. The lowest BCUT2D eigenvalue weighted by molar-refractivity contribution is -0.120. The molecule has 1 amide bonds. The molecule has 9 heteroatoms. The van der Waals surface area contributed by atoms with Crippen LogP contribution in [0.5, 0.6) is 0 Å². The summed E-state index contributed by atoms with van der Waals surface area (Å²) in [6.07, 6.45) is 2.81. The molecule has 0 saturated carbocycles. The average Bonchev–Trinajstić information content (AvgIpc) is 3.43. The largest absolute Gasteiger partial charge is 0.442 e. The number of hydrogen-bond acceptors (Lipinski definition) is 5. The summed E-state index contributed by atoms with van der Waals surface area (Å²) < 4.78 is 33.0. The van der Waals surface area contributed by atoms with Crippen LogP contribution in [-0.2, 0) is 14.8 Å². The van der Waals surface area contributed by atoms with Crippen molar-refractivity contribution in [2.45, 2.75) is 31.8 Å². The number of sulfonamides is 1. The summed E-state index contributed by atoms with van der Waals surface area (Å²) >= 11 is 0. The van der Waals surface area contributed by atoms with Crippen molar-refractivity contribution in [1.82, 2.24) is 14.5 Å². The van der Waals surface area contributed by atoms with Gasteiger partial charge in [-0.25, -0.2) is 8.42 Å². The first-order chi connectivity index (χ1) is 14.3. The monoisotopic (exact) mass is 428 g/mol. The number of carbonyl (C=O) groups is 1. The van der Waals surface area contributed by atoms with Crippen LogP contribution >= 0.6 is 0 Å². The molecule has 2 N–H and O–H groups in total. The predicted octanol–water partition coefficient (Wildman–Crippen LogP) is 3.33. The molecule has 0 radical (unpaired) electrons. The number of furan rings is 1. The Morgan fingerprint density at radius 2 is 2.03 bits per heavy atom. The van der Waals surface area contributed by atoms with Gasteiger partial charge in [-0.2, -0.15) is 9.40 Å². The SMILES string of the molecule is Cc1ccc(NC(=O)[C@H]2CCCN(S(=O)(=O)c3ccc(-c4ccn[nH]4)o3)C2)cc1C. The molecule has 0 bridgehead atoms. The lowest BCUT2D eigenvalue weighted by Crippen LogP contribution is -2.43. The van der Waals surface area contributed by atoms with Crippen molar-refractivity contribution in [3.8, 4) is 11.5 Å². The van der Waals surface area contributed by atoms with Gasteiger partial charge in [-0.15, -0.1) is 0 Å². The van der Waals surface area contributed by atoms with E-state index in [0.717, 1.165) is 16.8 Å².